The summed E-state index contributed by atoms with van der Waals surface area (Å²) >= 11 is 0. The highest BCUT2D eigenvalue weighted by atomic mass is 16.5. The van der Waals surface area contributed by atoms with E-state index in [9.17, 15) is 4.79 Å². The SMILES string of the molecule is O=C(NCc1nccn1-c1ccccc1)[C@@H]1OCCc2ccccc21. The highest BCUT2D eigenvalue weighted by Gasteiger charge is 2.27. The summed E-state index contributed by atoms with van der Waals surface area (Å²) in [5.74, 6) is 0.651. The molecule has 126 valence electrons. The van der Waals surface area contributed by atoms with E-state index in [-0.39, 0.29) is 5.91 Å². The fraction of sp³-hybridized carbons (Fsp3) is 0.200. The van der Waals surface area contributed by atoms with Gasteiger partial charge in [-0.1, -0.05) is 42.5 Å². The van der Waals surface area contributed by atoms with E-state index in [0.29, 0.717) is 13.2 Å². The Morgan fingerprint density at radius 2 is 1.96 bits per heavy atom. The molecule has 1 aliphatic heterocycles. The second kappa shape index (κ2) is 6.91. The Hall–Kier alpha value is -2.92. The number of para-hydroxylation sites is 1. The first-order valence-electron chi connectivity index (χ1n) is 8.38. The van der Waals surface area contributed by atoms with Gasteiger partial charge in [0.2, 0.25) is 0 Å². The second-order valence-corrected chi connectivity index (χ2v) is 5.97. The molecule has 0 spiro atoms. The van der Waals surface area contributed by atoms with Crippen molar-refractivity contribution in [2.45, 2.75) is 19.1 Å². The lowest BCUT2D eigenvalue weighted by Gasteiger charge is -2.25. The first-order chi connectivity index (χ1) is 12.3. The normalized spacial score (nSPS) is 16.2. The minimum Gasteiger partial charge on any atom is -0.363 e. The highest BCUT2D eigenvalue weighted by molar-refractivity contribution is 5.82. The van der Waals surface area contributed by atoms with E-state index in [1.807, 2.05) is 59.3 Å². The average molecular weight is 333 g/mol. The van der Waals surface area contributed by atoms with Crippen LogP contribution in [-0.2, 0) is 22.5 Å². The lowest BCUT2D eigenvalue weighted by molar-refractivity contribution is -0.134. The largest absolute Gasteiger partial charge is 0.363 e. The maximum absolute atomic E-state index is 12.6. The van der Waals surface area contributed by atoms with Gasteiger partial charge in [-0.05, 0) is 29.7 Å². The number of hydrogen-bond acceptors (Lipinski definition) is 3. The van der Waals surface area contributed by atoms with Gasteiger partial charge >= 0.3 is 0 Å². The summed E-state index contributed by atoms with van der Waals surface area (Å²) in [7, 11) is 0. The van der Waals surface area contributed by atoms with Crippen LogP contribution in [0.2, 0.25) is 0 Å². The van der Waals surface area contributed by atoms with Crippen LogP contribution in [0.15, 0.2) is 67.0 Å². The number of aromatic nitrogens is 2. The number of carbonyl (C=O) groups is 1. The van der Waals surface area contributed by atoms with Crippen LogP contribution in [-0.4, -0.2) is 22.1 Å². The number of nitrogens with zero attached hydrogens (tertiary/aromatic N) is 2. The van der Waals surface area contributed by atoms with Gasteiger partial charge in [0.05, 0.1) is 13.2 Å². The maximum Gasteiger partial charge on any atom is 0.254 e. The van der Waals surface area contributed by atoms with Crippen molar-refractivity contribution in [2.24, 2.45) is 0 Å². The van der Waals surface area contributed by atoms with Crippen molar-refractivity contribution >= 4 is 5.91 Å². The zero-order chi connectivity index (χ0) is 17.1. The van der Waals surface area contributed by atoms with E-state index < -0.39 is 6.10 Å². The van der Waals surface area contributed by atoms with Crippen molar-refractivity contribution < 1.29 is 9.53 Å². The molecule has 5 nitrogen and oxygen atoms in total. The Morgan fingerprint density at radius 1 is 1.16 bits per heavy atom. The fourth-order valence-electron chi connectivity index (χ4n) is 3.16. The molecule has 1 amide bonds. The number of benzene rings is 2. The zero-order valence-corrected chi connectivity index (χ0v) is 13.8. The third kappa shape index (κ3) is 3.19. The van der Waals surface area contributed by atoms with Crippen molar-refractivity contribution in [3.63, 3.8) is 0 Å². The van der Waals surface area contributed by atoms with Crippen LogP contribution in [0, 0.1) is 0 Å². The smallest absolute Gasteiger partial charge is 0.254 e. The summed E-state index contributed by atoms with van der Waals surface area (Å²) < 4.78 is 7.68. The molecule has 2 heterocycles. The van der Waals surface area contributed by atoms with Gasteiger partial charge < -0.3 is 14.6 Å². The molecule has 1 aliphatic rings. The summed E-state index contributed by atoms with van der Waals surface area (Å²) in [5, 5.41) is 2.96. The third-order valence-corrected chi connectivity index (χ3v) is 4.40. The molecule has 25 heavy (non-hydrogen) atoms. The number of rotatable bonds is 4. The molecule has 2 aromatic carbocycles. The monoisotopic (exact) mass is 333 g/mol. The number of amides is 1. The standard InChI is InChI=1S/C20H19N3O2/c24-20(19-17-9-5-4-6-15(17)10-13-25-19)22-14-18-21-11-12-23(18)16-7-2-1-3-8-16/h1-9,11-12,19H,10,13-14H2,(H,22,24)/t19-/m1/s1. The molecule has 4 rings (SSSR count). The number of imidazole rings is 1. The number of ether oxygens (including phenoxy) is 1. The van der Waals surface area contributed by atoms with Gasteiger partial charge in [0, 0.05) is 18.1 Å². The molecule has 0 unspecified atom stereocenters. The van der Waals surface area contributed by atoms with Gasteiger partial charge in [0.15, 0.2) is 6.10 Å². The van der Waals surface area contributed by atoms with Gasteiger partial charge in [0.1, 0.15) is 5.82 Å². The second-order valence-electron chi connectivity index (χ2n) is 5.97. The van der Waals surface area contributed by atoms with Crippen LogP contribution in [0.5, 0.6) is 0 Å². The van der Waals surface area contributed by atoms with Crippen molar-refractivity contribution in [2.75, 3.05) is 6.61 Å². The molecule has 0 radical (unpaired) electrons. The van der Waals surface area contributed by atoms with Gasteiger partial charge in [-0.15, -0.1) is 0 Å². The molecule has 0 fully saturated rings. The quantitative estimate of drug-likeness (QED) is 0.799. The zero-order valence-electron chi connectivity index (χ0n) is 13.8. The molecule has 1 N–H and O–H groups in total. The van der Waals surface area contributed by atoms with E-state index in [1.54, 1.807) is 6.20 Å². The Morgan fingerprint density at radius 3 is 2.84 bits per heavy atom. The van der Waals surface area contributed by atoms with E-state index in [1.165, 1.54) is 5.56 Å². The number of fused-ring (bicyclic) bond motifs is 1. The highest BCUT2D eigenvalue weighted by Crippen LogP contribution is 2.27. The van der Waals surface area contributed by atoms with E-state index in [2.05, 4.69) is 16.4 Å². The fourth-order valence-corrected chi connectivity index (χ4v) is 3.16. The first kappa shape index (κ1) is 15.6. The number of carbonyl (C=O) groups excluding carboxylic acids is 1. The van der Waals surface area contributed by atoms with Crippen LogP contribution in [0.3, 0.4) is 0 Å². The molecule has 0 saturated heterocycles. The molecular formula is C20H19N3O2. The van der Waals surface area contributed by atoms with Crippen LogP contribution in [0.4, 0.5) is 0 Å². The van der Waals surface area contributed by atoms with Crippen molar-refractivity contribution in [1.82, 2.24) is 14.9 Å². The van der Waals surface area contributed by atoms with Gasteiger partial charge in [0.25, 0.3) is 5.91 Å². The first-order valence-corrected chi connectivity index (χ1v) is 8.38. The van der Waals surface area contributed by atoms with Gasteiger partial charge in [-0.25, -0.2) is 4.98 Å². The predicted octanol–water partition coefficient (Wildman–Crippen LogP) is 2.80. The van der Waals surface area contributed by atoms with Crippen LogP contribution >= 0.6 is 0 Å². The van der Waals surface area contributed by atoms with E-state index in [4.69, 9.17) is 4.74 Å². The lowest BCUT2D eigenvalue weighted by Crippen LogP contribution is -2.34. The Labute approximate surface area is 146 Å². The molecule has 0 aliphatic carbocycles. The predicted molar refractivity (Wildman–Crippen MR) is 94.2 cm³/mol. The summed E-state index contributed by atoms with van der Waals surface area (Å²) in [4.78, 5) is 17.0. The maximum atomic E-state index is 12.6. The molecule has 1 atom stereocenters. The van der Waals surface area contributed by atoms with Crippen LogP contribution in [0.25, 0.3) is 5.69 Å². The van der Waals surface area contributed by atoms with Crippen LogP contribution in [0.1, 0.15) is 23.1 Å². The Balaban J connectivity index is 1.48. The van der Waals surface area contributed by atoms with E-state index in [0.717, 1.165) is 23.5 Å². The van der Waals surface area contributed by atoms with Crippen LogP contribution < -0.4 is 5.32 Å². The Kier molecular flexibility index (Phi) is 4.31. The topological polar surface area (TPSA) is 56.2 Å². The van der Waals surface area contributed by atoms with E-state index >= 15 is 0 Å². The molecular weight excluding hydrogens is 314 g/mol. The van der Waals surface area contributed by atoms with Gasteiger partial charge in [-0.2, -0.15) is 0 Å². The number of hydrogen-bond donors (Lipinski definition) is 1. The van der Waals surface area contributed by atoms with Gasteiger partial charge in [-0.3, -0.25) is 4.79 Å². The minimum atomic E-state index is -0.551. The number of nitrogens with one attached hydrogen (secondary N) is 1. The molecule has 1 aromatic heterocycles. The molecule has 0 saturated carbocycles. The van der Waals surface area contributed by atoms with Crippen molar-refractivity contribution in [3.05, 3.63) is 83.9 Å². The molecule has 5 heteroatoms. The summed E-state index contributed by atoms with van der Waals surface area (Å²) in [6.07, 6.45) is 3.92. The summed E-state index contributed by atoms with van der Waals surface area (Å²) in [6.45, 7) is 0.913. The Bertz CT molecular complexity index is 873. The summed E-state index contributed by atoms with van der Waals surface area (Å²) in [6, 6.07) is 17.9. The molecule has 0 bridgehead atoms. The average Bonchev–Trinajstić information content (AvgIpc) is 3.15. The third-order valence-electron chi connectivity index (χ3n) is 4.40. The molecule has 3 aromatic rings. The minimum absolute atomic E-state index is 0.130. The summed E-state index contributed by atoms with van der Waals surface area (Å²) in [5.41, 5.74) is 3.15. The lowest BCUT2D eigenvalue weighted by atomic mass is 9.97. The van der Waals surface area contributed by atoms with Crippen molar-refractivity contribution in [1.29, 1.82) is 0 Å². The van der Waals surface area contributed by atoms with Crippen molar-refractivity contribution in [3.8, 4) is 5.69 Å².